The normalized spacial score (nSPS) is 12.6. The fourth-order valence-corrected chi connectivity index (χ4v) is 3.59. The molecule has 1 unspecified atom stereocenters. The van der Waals surface area contributed by atoms with Crippen LogP contribution in [0.15, 0.2) is 34.4 Å². The first-order chi connectivity index (χ1) is 8.74. The molecule has 2 heterocycles. The number of aromatic nitrogens is 1. The van der Waals surface area contributed by atoms with Crippen LogP contribution in [0, 0.1) is 0 Å². The van der Waals surface area contributed by atoms with Gasteiger partial charge in [-0.25, -0.2) is 0 Å². The van der Waals surface area contributed by atoms with Crippen LogP contribution in [0.3, 0.4) is 0 Å². The van der Waals surface area contributed by atoms with E-state index in [-0.39, 0.29) is 0 Å². The van der Waals surface area contributed by atoms with Crippen LogP contribution in [0.5, 0.6) is 0 Å². The number of pyridine rings is 1. The quantitative estimate of drug-likeness (QED) is 0.900. The predicted molar refractivity (Wildman–Crippen MR) is 81.1 cm³/mol. The standard InChI is InChI=1S/C14H17BrN2S/c1-3-11-4-5-18-14(11)13(16-2)7-10-6-12(15)9-17-8-10/h4-6,8-9,13,16H,3,7H2,1-2H3. The second-order valence-electron chi connectivity index (χ2n) is 4.22. The average Bonchev–Trinajstić information content (AvgIpc) is 2.84. The van der Waals surface area contributed by atoms with Crippen LogP contribution in [-0.2, 0) is 12.8 Å². The predicted octanol–water partition coefficient (Wildman–Crippen LogP) is 3.97. The zero-order valence-corrected chi connectivity index (χ0v) is 13.0. The Labute approximate surface area is 121 Å². The third-order valence-electron chi connectivity index (χ3n) is 3.03. The summed E-state index contributed by atoms with van der Waals surface area (Å²) in [6, 6.07) is 4.73. The lowest BCUT2D eigenvalue weighted by atomic mass is 10.0. The van der Waals surface area contributed by atoms with E-state index in [0.717, 1.165) is 17.3 Å². The maximum Gasteiger partial charge on any atom is 0.0456 e. The van der Waals surface area contributed by atoms with Crippen molar-refractivity contribution in [1.82, 2.24) is 10.3 Å². The van der Waals surface area contributed by atoms with E-state index in [0.29, 0.717) is 6.04 Å². The third-order valence-corrected chi connectivity index (χ3v) is 4.53. The molecule has 0 fully saturated rings. The minimum atomic E-state index is 0.371. The van der Waals surface area contributed by atoms with E-state index in [1.54, 1.807) is 0 Å². The molecule has 1 atom stereocenters. The van der Waals surface area contributed by atoms with Gasteiger partial charge in [0.25, 0.3) is 0 Å². The van der Waals surface area contributed by atoms with Crippen molar-refractivity contribution in [3.8, 4) is 0 Å². The number of halogens is 1. The first-order valence-electron chi connectivity index (χ1n) is 6.07. The summed E-state index contributed by atoms with van der Waals surface area (Å²) in [7, 11) is 2.02. The van der Waals surface area contributed by atoms with Crippen LogP contribution in [0.2, 0.25) is 0 Å². The van der Waals surface area contributed by atoms with E-state index >= 15 is 0 Å². The minimum absolute atomic E-state index is 0.371. The summed E-state index contributed by atoms with van der Waals surface area (Å²) in [5.41, 5.74) is 2.70. The molecule has 0 saturated heterocycles. The fraction of sp³-hybridized carbons (Fsp3) is 0.357. The SMILES string of the molecule is CCc1ccsc1C(Cc1cncc(Br)c1)NC. The molecule has 4 heteroatoms. The Morgan fingerprint density at radius 3 is 2.94 bits per heavy atom. The molecule has 2 rings (SSSR count). The molecular formula is C14H17BrN2S. The monoisotopic (exact) mass is 324 g/mol. The number of nitrogens with zero attached hydrogens (tertiary/aromatic N) is 1. The summed E-state index contributed by atoms with van der Waals surface area (Å²) >= 11 is 5.31. The highest BCUT2D eigenvalue weighted by atomic mass is 79.9. The van der Waals surface area contributed by atoms with Crippen molar-refractivity contribution in [2.75, 3.05) is 7.05 Å². The molecule has 0 aromatic carbocycles. The number of hydrogen-bond acceptors (Lipinski definition) is 3. The molecule has 2 nitrogen and oxygen atoms in total. The van der Waals surface area contributed by atoms with Crippen LogP contribution < -0.4 is 5.32 Å². The van der Waals surface area contributed by atoms with Crippen LogP contribution in [0.25, 0.3) is 0 Å². The van der Waals surface area contributed by atoms with Gasteiger partial charge in [0.05, 0.1) is 0 Å². The van der Waals surface area contributed by atoms with E-state index in [1.165, 1.54) is 16.0 Å². The summed E-state index contributed by atoms with van der Waals surface area (Å²) in [6.45, 7) is 2.21. The summed E-state index contributed by atoms with van der Waals surface area (Å²) < 4.78 is 1.04. The van der Waals surface area contributed by atoms with E-state index in [2.05, 4.69) is 50.7 Å². The molecule has 0 bridgehead atoms. The van der Waals surface area contributed by atoms with Crippen LogP contribution in [0.4, 0.5) is 0 Å². The van der Waals surface area contributed by atoms with E-state index < -0.39 is 0 Å². The first-order valence-corrected chi connectivity index (χ1v) is 7.74. The molecule has 0 aliphatic heterocycles. The average molecular weight is 325 g/mol. The largest absolute Gasteiger partial charge is 0.312 e. The fourth-order valence-electron chi connectivity index (χ4n) is 2.07. The van der Waals surface area contributed by atoms with Gasteiger partial charge in [0.1, 0.15) is 0 Å². The van der Waals surface area contributed by atoms with Gasteiger partial charge in [-0.3, -0.25) is 4.98 Å². The molecule has 0 spiro atoms. The Balaban J connectivity index is 2.20. The minimum Gasteiger partial charge on any atom is -0.312 e. The van der Waals surface area contributed by atoms with Crippen LogP contribution in [0.1, 0.15) is 29.0 Å². The summed E-state index contributed by atoms with van der Waals surface area (Å²) in [4.78, 5) is 5.67. The Morgan fingerprint density at radius 1 is 1.44 bits per heavy atom. The molecule has 18 heavy (non-hydrogen) atoms. The first kappa shape index (κ1) is 13.7. The second kappa shape index (κ2) is 6.45. The summed E-state index contributed by atoms with van der Waals surface area (Å²) in [6.07, 6.45) is 5.82. The second-order valence-corrected chi connectivity index (χ2v) is 6.08. The van der Waals surface area contributed by atoms with Crippen molar-refractivity contribution in [1.29, 1.82) is 0 Å². The highest BCUT2D eigenvalue weighted by molar-refractivity contribution is 9.10. The molecule has 0 amide bonds. The van der Waals surface area contributed by atoms with Crippen LogP contribution in [-0.4, -0.2) is 12.0 Å². The van der Waals surface area contributed by atoms with Gasteiger partial charge in [-0.2, -0.15) is 0 Å². The summed E-state index contributed by atoms with van der Waals surface area (Å²) in [5.74, 6) is 0. The number of aryl methyl sites for hydroxylation is 1. The molecule has 0 aliphatic rings. The highest BCUT2D eigenvalue weighted by Gasteiger charge is 2.15. The highest BCUT2D eigenvalue weighted by Crippen LogP contribution is 2.27. The molecular weight excluding hydrogens is 308 g/mol. The van der Waals surface area contributed by atoms with Crippen molar-refractivity contribution in [2.24, 2.45) is 0 Å². The molecule has 96 valence electrons. The number of likely N-dealkylation sites (N-methyl/N-ethyl adjacent to an activating group) is 1. The Kier molecular flexibility index (Phi) is 4.92. The van der Waals surface area contributed by atoms with Crippen molar-refractivity contribution < 1.29 is 0 Å². The van der Waals surface area contributed by atoms with Crippen LogP contribution >= 0.6 is 27.3 Å². The van der Waals surface area contributed by atoms with Crippen molar-refractivity contribution in [2.45, 2.75) is 25.8 Å². The van der Waals surface area contributed by atoms with E-state index in [1.807, 2.05) is 30.8 Å². The van der Waals surface area contributed by atoms with Gasteiger partial charge >= 0.3 is 0 Å². The van der Waals surface area contributed by atoms with Gasteiger partial charge in [-0.15, -0.1) is 11.3 Å². The molecule has 2 aromatic heterocycles. The Morgan fingerprint density at radius 2 is 2.28 bits per heavy atom. The third kappa shape index (κ3) is 3.19. The zero-order chi connectivity index (χ0) is 13.0. The number of hydrogen-bond donors (Lipinski definition) is 1. The van der Waals surface area contributed by atoms with Gasteiger partial charge < -0.3 is 5.32 Å². The number of nitrogens with one attached hydrogen (secondary N) is 1. The van der Waals surface area contributed by atoms with Gasteiger partial charge in [0, 0.05) is 27.8 Å². The lowest BCUT2D eigenvalue weighted by molar-refractivity contribution is 0.596. The van der Waals surface area contributed by atoms with Crippen molar-refractivity contribution in [3.63, 3.8) is 0 Å². The molecule has 2 aromatic rings. The molecule has 0 radical (unpaired) electrons. The number of thiophene rings is 1. The smallest absolute Gasteiger partial charge is 0.0456 e. The Hall–Kier alpha value is -0.710. The lowest BCUT2D eigenvalue weighted by Crippen LogP contribution is -2.19. The lowest BCUT2D eigenvalue weighted by Gasteiger charge is -2.16. The van der Waals surface area contributed by atoms with E-state index in [4.69, 9.17) is 0 Å². The molecule has 0 saturated carbocycles. The van der Waals surface area contributed by atoms with Crippen molar-refractivity contribution in [3.05, 3.63) is 50.4 Å². The zero-order valence-electron chi connectivity index (χ0n) is 10.6. The van der Waals surface area contributed by atoms with E-state index in [9.17, 15) is 0 Å². The van der Waals surface area contributed by atoms with Gasteiger partial charge in [-0.1, -0.05) is 6.92 Å². The van der Waals surface area contributed by atoms with Gasteiger partial charge in [-0.05, 0) is 64.5 Å². The molecule has 0 aliphatic carbocycles. The topological polar surface area (TPSA) is 24.9 Å². The Bertz CT molecular complexity index is 510. The maximum absolute atomic E-state index is 4.22. The summed E-state index contributed by atoms with van der Waals surface area (Å²) in [5, 5.41) is 5.59. The maximum atomic E-state index is 4.22. The number of rotatable bonds is 5. The van der Waals surface area contributed by atoms with Gasteiger partial charge in [0.15, 0.2) is 0 Å². The molecule has 1 N–H and O–H groups in total. The van der Waals surface area contributed by atoms with Crippen molar-refractivity contribution >= 4 is 27.3 Å². The van der Waals surface area contributed by atoms with Gasteiger partial charge in [0.2, 0.25) is 0 Å².